The number of nitrogens with zero attached hydrogens (tertiary/aromatic N) is 3. The van der Waals surface area contributed by atoms with Crippen LogP contribution in [0.5, 0.6) is 0 Å². The highest BCUT2D eigenvalue weighted by Gasteiger charge is 2.36. The summed E-state index contributed by atoms with van der Waals surface area (Å²) in [5, 5.41) is 4.91. The van der Waals surface area contributed by atoms with E-state index in [2.05, 4.69) is 32.0 Å². The summed E-state index contributed by atoms with van der Waals surface area (Å²) in [7, 11) is 0. The molecule has 25 heavy (non-hydrogen) atoms. The number of hydrogen-bond acceptors (Lipinski definition) is 3. The van der Waals surface area contributed by atoms with Crippen molar-refractivity contribution >= 4 is 5.91 Å². The number of rotatable bonds is 4. The van der Waals surface area contributed by atoms with Gasteiger partial charge in [0, 0.05) is 19.0 Å². The van der Waals surface area contributed by atoms with E-state index >= 15 is 0 Å². The van der Waals surface area contributed by atoms with Gasteiger partial charge in [0.05, 0.1) is 35.9 Å². The van der Waals surface area contributed by atoms with Gasteiger partial charge in [-0.25, -0.2) is 4.68 Å². The van der Waals surface area contributed by atoms with Gasteiger partial charge in [-0.3, -0.25) is 4.79 Å². The molecule has 132 valence electrons. The lowest BCUT2D eigenvalue weighted by Crippen LogP contribution is -2.41. The topological polar surface area (TPSA) is 47.4 Å². The molecule has 1 amide bonds. The van der Waals surface area contributed by atoms with Crippen LogP contribution in [0.1, 0.15) is 53.0 Å². The normalized spacial score (nSPS) is 17.8. The Morgan fingerprint density at radius 1 is 1.28 bits per heavy atom. The maximum atomic E-state index is 13.3. The maximum absolute atomic E-state index is 13.3. The zero-order chi connectivity index (χ0) is 17.4. The van der Waals surface area contributed by atoms with Crippen molar-refractivity contribution in [1.82, 2.24) is 14.7 Å². The molecular formula is C20H25N3O2. The van der Waals surface area contributed by atoms with E-state index in [9.17, 15) is 4.79 Å². The van der Waals surface area contributed by atoms with Crippen LogP contribution in [0.15, 0.2) is 24.3 Å². The van der Waals surface area contributed by atoms with Crippen molar-refractivity contribution in [2.75, 3.05) is 26.3 Å². The number of aromatic nitrogens is 2. The Morgan fingerprint density at radius 2 is 2.04 bits per heavy atom. The van der Waals surface area contributed by atoms with Gasteiger partial charge < -0.3 is 9.64 Å². The fourth-order valence-electron chi connectivity index (χ4n) is 3.57. The molecule has 4 rings (SSSR count). The molecule has 1 aromatic heterocycles. The molecule has 1 aliphatic carbocycles. The largest absolute Gasteiger partial charge is 0.378 e. The summed E-state index contributed by atoms with van der Waals surface area (Å²) in [5.74, 6) is 0.567. The van der Waals surface area contributed by atoms with Gasteiger partial charge in [-0.1, -0.05) is 19.1 Å². The minimum atomic E-state index is 0.126. The van der Waals surface area contributed by atoms with Gasteiger partial charge in [0.25, 0.3) is 5.91 Å². The number of hydrogen-bond donors (Lipinski definition) is 0. The zero-order valence-corrected chi connectivity index (χ0v) is 15.0. The summed E-state index contributed by atoms with van der Waals surface area (Å²) in [4.78, 5) is 15.2. The van der Waals surface area contributed by atoms with Gasteiger partial charge in [-0.05, 0) is 43.9 Å². The van der Waals surface area contributed by atoms with Gasteiger partial charge >= 0.3 is 0 Å². The van der Waals surface area contributed by atoms with Gasteiger partial charge in [-0.15, -0.1) is 0 Å². The van der Waals surface area contributed by atoms with E-state index in [1.54, 1.807) is 0 Å². The third kappa shape index (κ3) is 3.09. The van der Waals surface area contributed by atoms with Crippen LogP contribution in [0.4, 0.5) is 0 Å². The second-order valence-electron chi connectivity index (χ2n) is 6.99. The number of benzene rings is 1. The molecule has 0 atom stereocenters. The van der Waals surface area contributed by atoms with Crippen molar-refractivity contribution in [3.05, 3.63) is 46.8 Å². The average Bonchev–Trinajstić information content (AvgIpc) is 3.41. The lowest BCUT2D eigenvalue weighted by atomic mass is 10.1. The molecule has 5 nitrogen and oxygen atoms in total. The van der Waals surface area contributed by atoms with E-state index < -0.39 is 0 Å². The molecule has 1 aliphatic heterocycles. The highest BCUT2D eigenvalue weighted by molar-refractivity contribution is 5.97. The van der Waals surface area contributed by atoms with Crippen LogP contribution in [0, 0.1) is 6.92 Å². The molecule has 0 radical (unpaired) electrons. The van der Waals surface area contributed by atoms with E-state index in [-0.39, 0.29) is 5.91 Å². The number of carbonyl (C=O) groups excluding carboxylic acids is 1. The first-order valence-electron chi connectivity index (χ1n) is 9.25. The third-order valence-corrected chi connectivity index (χ3v) is 5.07. The smallest absolute Gasteiger partial charge is 0.257 e. The highest BCUT2D eigenvalue weighted by Crippen LogP contribution is 2.42. The Kier molecular flexibility index (Phi) is 4.34. The number of carbonyl (C=O) groups is 1. The van der Waals surface area contributed by atoms with Crippen LogP contribution in [0.2, 0.25) is 0 Å². The Labute approximate surface area is 148 Å². The molecule has 2 heterocycles. The number of amides is 1. The second kappa shape index (κ2) is 6.64. The summed E-state index contributed by atoms with van der Waals surface area (Å²) >= 11 is 0. The van der Waals surface area contributed by atoms with Gasteiger partial charge in [0.1, 0.15) is 0 Å². The van der Waals surface area contributed by atoms with Crippen molar-refractivity contribution < 1.29 is 9.53 Å². The quantitative estimate of drug-likeness (QED) is 0.860. The maximum Gasteiger partial charge on any atom is 0.257 e. The lowest BCUT2D eigenvalue weighted by Gasteiger charge is -2.27. The fraction of sp³-hybridized carbons (Fsp3) is 0.500. The Balaban J connectivity index is 1.80. The van der Waals surface area contributed by atoms with Crippen molar-refractivity contribution in [2.45, 2.75) is 39.0 Å². The molecular weight excluding hydrogens is 314 g/mol. The predicted molar refractivity (Wildman–Crippen MR) is 96.4 cm³/mol. The molecule has 1 saturated heterocycles. The summed E-state index contributed by atoms with van der Waals surface area (Å²) in [5.41, 5.74) is 5.11. The summed E-state index contributed by atoms with van der Waals surface area (Å²) in [6, 6.07) is 8.33. The summed E-state index contributed by atoms with van der Waals surface area (Å²) in [6.07, 6.45) is 3.06. The summed E-state index contributed by atoms with van der Waals surface area (Å²) in [6.45, 7) is 6.77. The standard InChI is InChI=1S/C20H25N3O2/c1-3-17-18(20(24)22-9-11-25-12-10-22)19(15-7-8-15)21-23(17)16-6-4-5-14(2)13-16/h4-6,13,15H,3,7-12H2,1-2H3. The second-order valence-corrected chi connectivity index (χ2v) is 6.99. The number of ether oxygens (including phenoxy) is 1. The Morgan fingerprint density at radius 3 is 2.68 bits per heavy atom. The molecule has 1 saturated carbocycles. The van der Waals surface area contributed by atoms with Crippen LogP contribution in [0.3, 0.4) is 0 Å². The lowest BCUT2D eigenvalue weighted by molar-refractivity contribution is 0.0301. The first-order valence-corrected chi connectivity index (χ1v) is 9.25. The number of aryl methyl sites for hydroxylation is 1. The van der Waals surface area contributed by atoms with Crippen molar-refractivity contribution in [3.8, 4) is 5.69 Å². The van der Waals surface area contributed by atoms with Crippen LogP contribution < -0.4 is 0 Å². The molecule has 2 fully saturated rings. The van der Waals surface area contributed by atoms with Crippen molar-refractivity contribution in [2.24, 2.45) is 0 Å². The molecule has 0 N–H and O–H groups in total. The zero-order valence-electron chi connectivity index (χ0n) is 15.0. The van der Waals surface area contributed by atoms with Crippen molar-refractivity contribution in [3.63, 3.8) is 0 Å². The van der Waals surface area contributed by atoms with Crippen molar-refractivity contribution in [1.29, 1.82) is 0 Å². The van der Waals surface area contributed by atoms with E-state index in [4.69, 9.17) is 9.84 Å². The van der Waals surface area contributed by atoms with Gasteiger partial charge in [0.15, 0.2) is 0 Å². The van der Waals surface area contributed by atoms with Crippen LogP contribution in [-0.4, -0.2) is 46.9 Å². The molecule has 0 unspecified atom stereocenters. The minimum absolute atomic E-state index is 0.126. The molecule has 0 spiro atoms. The van der Waals surface area contributed by atoms with Crippen LogP contribution in [0.25, 0.3) is 5.69 Å². The number of morpholine rings is 1. The summed E-state index contributed by atoms with van der Waals surface area (Å²) < 4.78 is 7.40. The van der Waals surface area contributed by atoms with Crippen LogP contribution in [-0.2, 0) is 11.2 Å². The monoisotopic (exact) mass is 339 g/mol. The van der Waals surface area contributed by atoms with Gasteiger partial charge in [0.2, 0.25) is 0 Å². The van der Waals surface area contributed by atoms with Crippen LogP contribution >= 0.6 is 0 Å². The van der Waals surface area contributed by atoms with Gasteiger partial charge in [-0.2, -0.15) is 5.10 Å². The molecule has 5 heteroatoms. The first kappa shape index (κ1) is 16.3. The Bertz CT molecular complexity index is 786. The minimum Gasteiger partial charge on any atom is -0.378 e. The first-order chi connectivity index (χ1) is 12.2. The predicted octanol–water partition coefficient (Wildman–Crippen LogP) is 3.09. The van der Waals surface area contributed by atoms with E-state index in [1.165, 1.54) is 5.56 Å². The average molecular weight is 339 g/mol. The molecule has 2 aromatic rings. The Hall–Kier alpha value is -2.14. The third-order valence-electron chi connectivity index (χ3n) is 5.07. The van der Waals surface area contributed by atoms with E-state index in [0.717, 1.165) is 41.9 Å². The molecule has 0 bridgehead atoms. The van der Waals surface area contributed by atoms with E-state index in [1.807, 2.05) is 15.6 Å². The highest BCUT2D eigenvalue weighted by atomic mass is 16.5. The SMILES string of the molecule is CCc1c(C(=O)N2CCOCC2)c(C2CC2)nn1-c1cccc(C)c1. The molecule has 1 aromatic carbocycles. The molecule has 2 aliphatic rings. The fourth-order valence-corrected chi connectivity index (χ4v) is 3.57. The van der Waals surface area contributed by atoms with E-state index in [0.29, 0.717) is 32.2 Å².